The van der Waals surface area contributed by atoms with Gasteiger partial charge < -0.3 is 14.7 Å². The monoisotopic (exact) mass is 313 g/mol. The highest BCUT2D eigenvalue weighted by Crippen LogP contribution is 2.33. The van der Waals surface area contributed by atoms with Gasteiger partial charge in [0, 0.05) is 13.2 Å². The van der Waals surface area contributed by atoms with Gasteiger partial charge in [-0.3, -0.25) is 0 Å². The Bertz CT molecular complexity index is 796. The van der Waals surface area contributed by atoms with Crippen LogP contribution in [0.4, 0.5) is 0 Å². The van der Waals surface area contributed by atoms with Crippen molar-refractivity contribution < 1.29 is 5.11 Å². The molecule has 0 saturated heterocycles. The Balaban J connectivity index is 0.000000924. The zero-order chi connectivity index (χ0) is 17.1. The Hall–Kier alpha value is -2.23. The van der Waals surface area contributed by atoms with Gasteiger partial charge in [-0.1, -0.05) is 40.7 Å². The number of hydrogen-bond acceptors (Lipinski definition) is 2. The van der Waals surface area contributed by atoms with Crippen LogP contribution in [0.25, 0.3) is 22.6 Å². The summed E-state index contributed by atoms with van der Waals surface area (Å²) in [5, 5.41) is 10.4. The summed E-state index contributed by atoms with van der Waals surface area (Å²) in [5.74, 6) is 1.36. The number of benzene rings is 1. The third-order valence-corrected chi connectivity index (χ3v) is 3.99. The van der Waals surface area contributed by atoms with Gasteiger partial charge in [-0.25, -0.2) is 4.98 Å². The lowest BCUT2D eigenvalue weighted by Crippen LogP contribution is -1.90. The summed E-state index contributed by atoms with van der Waals surface area (Å²) in [4.78, 5) is 7.91. The van der Waals surface area contributed by atoms with Gasteiger partial charge in [-0.2, -0.15) is 0 Å². The second-order valence-electron chi connectivity index (χ2n) is 5.84. The van der Waals surface area contributed by atoms with Crippen LogP contribution >= 0.6 is 0 Å². The maximum atomic E-state index is 10.4. The second-order valence-corrected chi connectivity index (χ2v) is 5.84. The quantitative estimate of drug-likeness (QED) is 0.716. The van der Waals surface area contributed by atoms with Crippen LogP contribution in [0.1, 0.15) is 51.7 Å². The highest BCUT2D eigenvalue weighted by Gasteiger charge is 2.15. The molecule has 0 spiro atoms. The number of phenols is 1. The normalized spacial score (nSPS) is 10.9. The van der Waals surface area contributed by atoms with Crippen LogP contribution in [0.2, 0.25) is 0 Å². The van der Waals surface area contributed by atoms with E-state index in [9.17, 15) is 5.11 Å². The maximum Gasteiger partial charge on any atom is 0.155 e. The molecule has 0 saturated carbocycles. The molecule has 23 heavy (non-hydrogen) atoms. The summed E-state index contributed by atoms with van der Waals surface area (Å²) in [7, 11) is 2.01. The van der Waals surface area contributed by atoms with Crippen molar-refractivity contribution in [2.24, 2.45) is 7.05 Å². The molecule has 0 aliphatic carbocycles. The third-order valence-electron chi connectivity index (χ3n) is 3.99. The van der Waals surface area contributed by atoms with Gasteiger partial charge in [0.25, 0.3) is 0 Å². The van der Waals surface area contributed by atoms with Gasteiger partial charge in [-0.15, -0.1) is 0 Å². The smallest absolute Gasteiger partial charge is 0.155 e. The molecular weight excluding hydrogens is 286 g/mol. The minimum Gasteiger partial charge on any atom is -0.505 e. The molecular formula is C19H27N3O. The number of H-pyrrole nitrogens is 1. The lowest BCUT2D eigenvalue weighted by atomic mass is 10.0. The topological polar surface area (TPSA) is 53.8 Å². The Labute approximate surface area is 138 Å². The molecule has 0 fully saturated rings. The minimum absolute atomic E-state index is 0.274. The first kappa shape index (κ1) is 17.1. The highest BCUT2D eigenvalue weighted by molar-refractivity contribution is 5.85. The molecule has 0 aliphatic rings. The van der Waals surface area contributed by atoms with Crippen LogP contribution in [0.15, 0.2) is 24.4 Å². The van der Waals surface area contributed by atoms with E-state index in [0.29, 0.717) is 5.52 Å². The summed E-state index contributed by atoms with van der Waals surface area (Å²) >= 11 is 0. The Morgan fingerprint density at radius 2 is 1.96 bits per heavy atom. The number of rotatable bonds is 3. The zero-order valence-electron chi connectivity index (χ0n) is 14.9. The molecule has 4 heteroatoms. The Morgan fingerprint density at radius 3 is 2.52 bits per heavy atom. The zero-order valence-corrected chi connectivity index (χ0v) is 14.9. The molecule has 0 unspecified atom stereocenters. The van der Waals surface area contributed by atoms with Crippen molar-refractivity contribution in [3.63, 3.8) is 0 Å². The number of aromatic hydroxyl groups is 1. The number of imidazole rings is 1. The van der Waals surface area contributed by atoms with Crippen molar-refractivity contribution in [2.75, 3.05) is 0 Å². The van der Waals surface area contributed by atoms with E-state index in [4.69, 9.17) is 0 Å². The van der Waals surface area contributed by atoms with Crippen LogP contribution in [0.3, 0.4) is 0 Å². The molecule has 3 aromatic rings. The third kappa shape index (κ3) is 3.11. The number of hydrogen-bond donors (Lipinski definition) is 2. The summed E-state index contributed by atoms with van der Waals surface area (Å²) in [6.07, 6.45) is 3.11. The fourth-order valence-electron chi connectivity index (χ4n) is 2.73. The van der Waals surface area contributed by atoms with E-state index in [0.717, 1.165) is 29.0 Å². The lowest BCUT2D eigenvalue weighted by Gasteiger charge is -2.07. The molecule has 2 aromatic heterocycles. The summed E-state index contributed by atoms with van der Waals surface area (Å²) in [6, 6.07) is 6.09. The van der Waals surface area contributed by atoms with E-state index in [1.807, 2.05) is 33.0 Å². The van der Waals surface area contributed by atoms with Crippen molar-refractivity contribution in [3.05, 3.63) is 35.5 Å². The standard InChI is InChI=1S/C17H21N3O.C2H6/c1-5-11-8-14(20(4)9-11)17-18-13-7-6-12(10(2)3)16(21)15(13)19-17;1-2/h6-10,21H,5H2,1-4H3,(H,18,19);1-2H3. The fraction of sp³-hybridized carbons (Fsp3) is 0.421. The number of aromatic amines is 1. The number of phenolic OH excluding ortho intramolecular Hbond substituents is 1. The van der Waals surface area contributed by atoms with Crippen molar-refractivity contribution in [1.82, 2.24) is 14.5 Å². The van der Waals surface area contributed by atoms with Crippen LogP contribution < -0.4 is 0 Å². The summed E-state index contributed by atoms with van der Waals surface area (Å²) in [6.45, 7) is 10.3. The first-order valence-electron chi connectivity index (χ1n) is 8.38. The molecule has 3 rings (SSSR count). The number of fused-ring (bicyclic) bond motifs is 1. The van der Waals surface area contributed by atoms with Crippen LogP contribution in [-0.2, 0) is 13.5 Å². The van der Waals surface area contributed by atoms with Gasteiger partial charge >= 0.3 is 0 Å². The van der Waals surface area contributed by atoms with Crippen molar-refractivity contribution in [1.29, 1.82) is 0 Å². The molecule has 0 amide bonds. The summed E-state index contributed by atoms with van der Waals surface area (Å²) < 4.78 is 2.07. The van der Waals surface area contributed by atoms with Crippen molar-refractivity contribution in [2.45, 2.75) is 47.0 Å². The molecule has 0 atom stereocenters. The average molecular weight is 313 g/mol. The first-order chi connectivity index (χ1) is 11.0. The average Bonchev–Trinajstić information content (AvgIpc) is 3.12. The van der Waals surface area contributed by atoms with E-state index < -0.39 is 0 Å². The molecule has 2 heterocycles. The van der Waals surface area contributed by atoms with Crippen LogP contribution in [0.5, 0.6) is 5.75 Å². The van der Waals surface area contributed by atoms with Gasteiger partial charge in [0.1, 0.15) is 11.3 Å². The second kappa shape index (κ2) is 6.90. The van der Waals surface area contributed by atoms with Crippen molar-refractivity contribution >= 4 is 11.0 Å². The lowest BCUT2D eigenvalue weighted by molar-refractivity contribution is 0.470. The van der Waals surface area contributed by atoms with E-state index in [-0.39, 0.29) is 11.7 Å². The number of nitrogens with one attached hydrogen (secondary N) is 1. The highest BCUT2D eigenvalue weighted by atomic mass is 16.3. The minimum atomic E-state index is 0.274. The van der Waals surface area contributed by atoms with E-state index in [2.05, 4.69) is 47.6 Å². The van der Waals surface area contributed by atoms with E-state index >= 15 is 0 Å². The maximum absolute atomic E-state index is 10.4. The van der Waals surface area contributed by atoms with E-state index in [1.54, 1.807) is 0 Å². The first-order valence-corrected chi connectivity index (χ1v) is 8.38. The number of nitrogens with zero attached hydrogens (tertiary/aromatic N) is 2. The number of aryl methyl sites for hydroxylation is 2. The molecule has 4 nitrogen and oxygen atoms in total. The fourth-order valence-corrected chi connectivity index (χ4v) is 2.73. The summed E-state index contributed by atoms with van der Waals surface area (Å²) in [5.41, 5.74) is 4.76. The Morgan fingerprint density at radius 1 is 1.26 bits per heavy atom. The van der Waals surface area contributed by atoms with E-state index in [1.165, 1.54) is 5.56 Å². The molecule has 124 valence electrons. The molecule has 2 N–H and O–H groups in total. The van der Waals surface area contributed by atoms with Crippen LogP contribution in [-0.4, -0.2) is 19.6 Å². The molecule has 1 aromatic carbocycles. The SMILES string of the molecule is CC.CCc1cc(-c2nc3c(O)c(C(C)C)ccc3[nH]2)n(C)c1. The number of aromatic nitrogens is 3. The predicted molar refractivity (Wildman–Crippen MR) is 97.0 cm³/mol. The predicted octanol–water partition coefficient (Wildman–Crippen LogP) is 4.99. The van der Waals surface area contributed by atoms with Gasteiger partial charge in [-0.05, 0) is 35.6 Å². The van der Waals surface area contributed by atoms with Crippen LogP contribution in [0, 0.1) is 0 Å². The molecule has 0 aliphatic heterocycles. The van der Waals surface area contributed by atoms with Gasteiger partial charge in [0.2, 0.25) is 0 Å². The molecule has 0 radical (unpaired) electrons. The van der Waals surface area contributed by atoms with Gasteiger partial charge in [0.05, 0.1) is 11.2 Å². The van der Waals surface area contributed by atoms with Crippen molar-refractivity contribution in [3.8, 4) is 17.3 Å². The Kier molecular flexibility index (Phi) is 5.14. The largest absolute Gasteiger partial charge is 0.505 e. The van der Waals surface area contributed by atoms with Gasteiger partial charge in [0.15, 0.2) is 5.82 Å². The molecule has 0 bridgehead atoms.